The molecule has 0 unspecified atom stereocenters. The average molecular weight is 365 g/mol. The predicted molar refractivity (Wildman–Crippen MR) is 101 cm³/mol. The molecule has 2 heterocycles. The minimum Gasteiger partial charge on any atom is -0.355 e. The fraction of sp³-hybridized carbons (Fsp3) is 0.158. The van der Waals surface area contributed by atoms with Gasteiger partial charge in [0.1, 0.15) is 0 Å². The molecule has 138 valence electrons. The Bertz CT molecular complexity index is 1050. The minimum absolute atomic E-state index is 0.162. The van der Waals surface area contributed by atoms with Gasteiger partial charge in [0.2, 0.25) is 5.91 Å². The van der Waals surface area contributed by atoms with Gasteiger partial charge < -0.3 is 10.6 Å². The molecule has 0 spiro atoms. The standard InChI is InChI=1S/C19H19N5O3/c1-20-18(26)15-8-5-14(6-9-15)7-10-17(25)21-11-13-24-19(27)23-12-3-2-4-16(23)22-24/h2-10,12H,11,13H2,1H3,(H,20,26)(H,21,25). The van der Waals surface area contributed by atoms with Crippen LogP contribution in [-0.4, -0.2) is 39.6 Å². The van der Waals surface area contributed by atoms with E-state index in [0.29, 0.717) is 11.2 Å². The highest BCUT2D eigenvalue weighted by Gasteiger charge is 2.06. The summed E-state index contributed by atoms with van der Waals surface area (Å²) in [5.41, 5.74) is 1.67. The van der Waals surface area contributed by atoms with Gasteiger partial charge in [0.15, 0.2) is 5.65 Å². The van der Waals surface area contributed by atoms with Crippen molar-refractivity contribution in [1.29, 1.82) is 0 Å². The largest absolute Gasteiger partial charge is 0.355 e. The molecule has 0 bridgehead atoms. The third-order valence-corrected chi connectivity index (χ3v) is 3.94. The van der Waals surface area contributed by atoms with Gasteiger partial charge in [-0.2, -0.15) is 0 Å². The Balaban J connectivity index is 1.53. The van der Waals surface area contributed by atoms with Gasteiger partial charge in [0, 0.05) is 31.4 Å². The topological polar surface area (TPSA) is 97.5 Å². The van der Waals surface area contributed by atoms with Crippen LogP contribution < -0.4 is 16.3 Å². The van der Waals surface area contributed by atoms with Crippen molar-refractivity contribution >= 4 is 23.5 Å². The zero-order valence-electron chi connectivity index (χ0n) is 14.8. The molecule has 3 aromatic rings. The van der Waals surface area contributed by atoms with Crippen LogP contribution in [0.1, 0.15) is 15.9 Å². The third-order valence-electron chi connectivity index (χ3n) is 3.94. The summed E-state index contributed by atoms with van der Waals surface area (Å²) in [6.45, 7) is 0.559. The molecule has 8 nitrogen and oxygen atoms in total. The molecule has 0 atom stereocenters. The van der Waals surface area contributed by atoms with E-state index in [9.17, 15) is 14.4 Å². The van der Waals surface area contributed by atoms with E-state index in [0.717, 1.165) is 5.56 Å². The van der Waals surface area contributed by atoms with Crippen LogP contribution in [0.5, 0.6) is 0 Å². The second kappa shape index (κ2) is 8.13. The summed E-state index contributed by atoms with van der Waals surface area (Å²) < 4.78 is 2.76. The van der Waals surface area contributed by atoms with Crippen molar-refractivity contribution in [3.8, 4) is 0 Å². The maximum absolute atomic E-state index is 12.1. The van der Waals surface area contributed by atoms with Gasteiger partial charge >= 0.3 is 5.69 Å². The molecule has 27 heavy (non-hydrogen) atoms. The number of nitrogens with one attached hydrogen (secondary N) is 2. The van der Waals surface area contributed by atoms with Gasteiger partial charge in [-0.15, -0.1) is 5.10 Å². The first kappa shape index (κ1) is 18.1. The maximum atomic E-state index is 12.1. The summed E-state index contributed by atoms with van der Waals surface area (Å²) in [5.74, 6) is -0.437. The molecule has 0 fully saturated rings. The average Bonchev–Trinajstić information content (AvgIpc) is 3.02. The van der Waals surface area contributed by atoms with E-state index in [-0.39, 0.29) is 30.6 Å². The molecule has 8 heteroatoms. The van der Waals surface area contributed by atoms with Crippen molar-refractivity contribution in [1.82, 2.24) is 24.8 Å². The number of amides is 2. The van der Waals surface area contributed by atoms with Crippen LogP contribution in [0, 0.1) is 0 Å². The molecular formula is C19H19N5O3. The number of hydrogen-bond donors (Lipinski definition) is 2. The van der Waals surface area contributed by atoms with Crippen LogP contribution in [0.3, 0.4) is 0 Å². The fourth-order valence-corrected chi connectivity index (χ4v) is 2.52. The van der Waals surface area contributed by atoms with Gasteiger partial charge in [-0.3, -0.25) is 14.0 Å². The minimum atomic E-state index is -0.276. The van der Waals surface area contributed by atoms with Crippen molar-refractivity contribution < 1.29 is 9.59 Å². The van der Waals surface area contributed by atoms with E-state index in [2.05, 4.69) is 15.7 Å². The smallest absolute Gasteiger partial charge is 0.350 e. The van der Waals surface area contributed by atoms with Crippen LogP contribution in [-0.2, 0) is 11.3 Å². The Morgan fingerprint density at radius 2 is 1.93 bits per heavy atom. The molecule has 0 aliphatic carbocycles. The lowest BCUT2D eigenvalue weighted by atomic mass is 10.1. The first-order valence-electron chi connectivity index (χ1n) is 8.41. The number of fused-ring (bicyclic) bond motifs is 1. The fourth-order valence-electron chi connectivity index (χ4n) is 2.52. The first-order chi connectivity index (χ1) is 13.1. The zero-order valence-corrected chi connectivity index (χ0v) is 14.8. The van der Waals surface area contributed by atoms with Gasteiger partial charge in [0.05, 0.1) is 6.54 Å². The third kappa shape index (κ3) is 4.30. The molecular weight excluding hydrogens is 346 g/mol. The Labute approximate surface area is 155 Å². The van der Waals surface area contributed by atoms with Crippen molar-refractivity contribution in [2.24, 2.45) is 0 Å². The number of rotatable bonds is 6. The van der Waals surface area contributed by atoms with Gasteiger partial charge in [0.25, 0.3) is 5.91 Å². The Kier molecular flexibility index (Phi) is 5.46. The van der Waals surface area contributed by atoms with E-state index in [1.54, 1.807) is 61.8 Å². The monoisotopic (exact) mass is 365 g/mol. The van der Waals surface area contributed by atoms with Crippen molar-refractivity contribution in [2.45, 2.75) is 6.54 Å². The molecule has 2 N–H and O–H groups in total. The van der Waals surface area contributed by atoms with E-state index in [1.165, 1.54) is 15.2 Å². The lowest BCUT2D eigenvalue weighted by Gasteiger charge is -2.02. The van der Waals surface area contributed by atoms with E-state index < -0.39 is 0 Å². The first-order valence-corrected chi connectivity index (χ1v) is 8.41. The summed E-state index contributed by atoms with van der Waals surface area (Å²) in [5, 5.41) is 9.46. The number of hydrogen-bond acceptors (Lipinski definition) is 4. The zero-order chi connectivity index (χ0) is 19.2. The molecule has 0 saturated heterocycles. The van der Waals surface area contributed by atoms with E-state index in [4.69, 9.17) is 0 Å². The highest BCUT2D eigenvalue weighted by atomic mass is 16.2. The molecule has 0 saturated carbocycles. The van der Waals surface area contributed by atoms with Crippen molar-refractivity contribution in [2.75, 3.05) is 13.6 Å². The van der Waals surface area contributed by atoms with E-state index in [1.807, 2.05) is 0 Å². The molecule has 1 aromatic carbocycles. The Hall–Kier alpha value is -3.68. The SMILES string of the molecule is CNC(=O)c1ccc(C=CC(=O)NCCn2nc3ccccn3c2=O)cc1. The van der Waals surface area contributed by atoms with Crippen LogP contribution in [0.25, 0.3) is 11.7 Å². The summed E-state index contributed by atoms with van der Waals surface area (Å²) in [6, 6.07) is 12.2. The highest BCUT2D eigenvalue weighted by Crippen LogP contribution is 2.06. The molecule has 3 rings (SSSR count). The van der Waals surface area contributed by atoms with E-state index >= 15 is 0 Å². The summed E-state index contributed by atoms with van der Waals surface area (Å²) in [7, 11) is 1.57. The number of aromatic nitrogens is 3. The second-order valence-corrected chi connectivity index (χ2v) is 5.76. The second-order valence-electron chi connectivity index (χ2n) is 5.76. The van der Waals surface area contributed by atoms with Crippen LogP contribution >= 0.6 is 0 Å². The Morgan fingerprint density at radius 3 is 2.63 bits per heavy atom. The van der Waals surface area contributed by atoms with Crippen molar-refractivity contribution in [3.05, 3.63) is 76.3 Å². The molecule has 0 aliphatic rings. The van der Waals surface area contributed by atoms with Crippen LogP contribution in [0.2, 0.25) is 0 Å². The van der Waals surface area contributed by atoms with Crippen molar-refractivity contribution in [3.63, 3.8) is 0 Å². The molecule has 0 aliphatic heterocycles. The van der Waals surface area contributed by atoms with Gasteiger partial charge in [-0.25, -0.2) is 9.48 Å². The number of carbonyl (C=O) groups is 2. The summed E-state index contributed by atoms with van der Waals surface area (Å²) >= 11 is 0. The number of pyridine rings is 1. The molecule has 0 radical (unpaired) electrons. The summed E-state index contributed by atoms with van der Waals surface area (Å²) in [6.07, 6.45) is 4.71. The normalized spacial score (nSPS) is 11.0. The number of carbonyl (C=O) groups excluding carboxylic acids is 2. The van der Waals surface area contributed by atoms with Crippen LogP contribution in [0.4, 0.5) is 0 Å². The Morgan fingerprint density at radius 1 is 1.15 bits per heavy atom. The molecule has 2 amide bonds. The van der Waals surface area contributed by atoms with Gasteiger partial charge in [-0.05, 0) is 35.9 Å². The quantitative estimate of drug-likeness (QED) is 0.628. The lowest BCUT2D eigenvalue weighted by molar-refractivity contribution is -0.116. The lowest BCUT2D eigenvalue weighted by Crippen LogP contribution is -2.30. The maximum Gasteiger partial charge on any atom is 0.350 e. The predicted octanol–water partition coefficient (Wildman–Crippen LogP) is 0.685. The number of nitrogens with zero attached hydrogens (tertiary/aromatic N) is 3. The number of benzene rings is 1. The van der Waals surface area contributed by atoms with Gasteiger partial charge in [-0.1, -0.05) is 18.2 Å². The highest BCUT2D eigenvalue weighted by molar-refractivity contribution is 5.94. The summed E-state index contributed by atoms with van der Waals surface area (Å²) in [4.78, 5) is 35.5. The van der Waals surface area contributed by atoms with Crippen LogP contribution in [0.15, 0.2) is 59.5 Å². The molecule has 2 aromatic heterocycles.